The zero-order valence-corrected chi connectivity index (χ0v) is 15.8. The van der Waals surface area contributed by atoms with Gasteiger partial charge in [0, 0.05) is 13.1 Å². The van der Waals surface area contributed by atoms with Crippen LogP contribution in [0.5, 0.6) is 0 Å². The SMILES string of the molecule is CCCS(C)(C)NC/C(C#N)=C(\C)OC/C=C(\C)C1=NCCN1. The van der Waals surface area contributed by atoms with Crippen molar-refractivity contribution < 1.29 is 4.74 Å². The topological polar surface area (TPSA) is 69.4 Å². The molecule has 1 aliphatic rings. The molecule has 0 fully saturated rings. The maximum Gasteiger partial charge on any atom is 0.123 e. The van der Waals surface area contributed by atoms with E-state index in [-0.39, 0.29) is 0 Å². The number of nitrogens with zero attached hydrogens (tertiary/aromatic N) is 2. The Morgan fingerprint density at radius 1 is 1.48 bits per heavy atom. The fraction of sp³-hybridized carbons (Fsp3) is 0.647. The van der Waals surface area contributed by atoms with Gasteiger partial charge in [-0.2, -0.15) is 15.5 Å². The zero-order chi connectivity index (χ0) is 17.3. The number of nitriles is 1. The number of rotatable bonds is 9. The summed E-state index contributed by atoms with van der Waals surface area (Å²) in [6.45, 7) is 8.82. The summed E-state index contributed by atoms with van der Waals surface area (Å²) in [6.07, 6.45) is 7.62. The van der Waals surface area contributed by atoms with Crippen molar-refractivity contribution in [1.82, 2.24) is 10.0 Å². The normalized spacial score (nSPS) is 17.0. The van der Waals surface area contributed by atoms with Crippen molar-refractivity contribution in [2.24, 2.45) is 4.99 Å². The molecule has 0 radical (unpaired) electrons. The Morgan fingerprint density at radius 3 is 2.78 bits per heavy atom. The van der Waals surface area contributed by atoms with Crippen LogP contribution >= 0.6 is 10.2 Å². The van der Waals surface area contributed by atoms with Crippen LogP contribution in [-0.4, -0.2) is 50.3 Å². The molecule has 6 heteroatoms. The van der Waals surface area contributed by atoms with Gasteiger partial charge in [0.2, 0.25) is 0 Å². The minimum Gasteiger partial charge on any atom is -0.493 e. The van der Waals surface area contributed by atoms with Crippen molar-refractivity contribution in [3.63, 3.8) is 0 Å². The van der Waals surface area contributed by atoms with Gasteiger partial charge in [-0.1, -0.05) is 6.92 Å². The maximum absolute atomic E-state index is 9.34. The lowest BCUT2D eigenvalue weighted by Gasteiger charge is -2.32. The van der Waals surface area contributed by atoms with Gasteiger partial charge in [-0.05, 0) is 50.2 Å². The Morgan fingerprint density at radius 2 is 2.22 bits per heavy atom. The molecular weight excluding hydrogens is 308 g/mol. The highest BCUT2D eigenvalue weighted by Crippen LogP contribution is 2.35. The number of allylic oxidation sites excluding steroid dienone is 1. The third-order valence-corrected chi connectivity index (χ3v) is 6.01. The molecule has 0 aromatic heterocycles. The van der Waals surface area contributed by atoms with Gasteiger partial charge in [0.15, 0.2) is 0 Å². The van der Waals surface area contributed by atoms with E-state index in [9.17, 15) is 5.26 Å². The summed E-state index contributed by atoms with van der Waals surface area (Å²) >= 11 is 0. The van der Waals surface area contributed by atoms with Crippen LogP contribution in [0.2, 0.25) is 0 Å². The van der Waals surface area contributed by atoms with Gasteiger partial charge in [0.25, 0.3) is 0 Å². The first-order chi connectivity index (χ1) is 10.9. The van der Waals surface area contributed by atoms with Crippen LogP contribution in [0.3, 0.4) is 0 Å². The van der Waals surface area contributed by atoms with E-state index in [1.54, 1.807) is 0 Å². The molecule has 0 bridgehead atoms. The number of nitrogens with one attached hydrogen (secondary N) is 2. The summed E-state index contributed by atoms with van der Waals surface area (Å²) in [5.74, 6) is 2.79. The first-order valence-corrected chi connectivity index (χ1v) is 10.6. The fourth-order valence-corrected chi connectivity index (χ4v) is 3.93. The highest BCUT2D eigenvalue weighted by molar-refractivity contribution is 8.31. The number of hydrogen-bond donors (Lipinski definition) is 2. The zero-order valence-electron chi connectivity index (χ0n) is 15.0. The van der Waals surface area contributed by atoms with Crippen molar-refractivity contribution >= 4 is 16.0 Å². The molecule has 0 saturated heterocycles. The molecule has 0 saturated carbocycles. The molecule has 1 rings (SSSR count). The predicted molar refractivity (Wildman–Crippen MR) is 101 cm³/mol. The lowest BCUT2D eigenvalue weighted by atomic mass is 10.2. The molecule has 1 heterocycles. The Bertz CT molecular complexity index is 529. The van der Waals surface area contributed by atoms with Crippen LogP contribution in [0.4, 0.5) is 0 Å². The summed E-state index contributed by atoms with van der Waals surface area (Å²) in [5.41, 5.74) is 1.75. The molecule has 130 valence electrons. The van der Waals surface area contributed by atoms with Crippen molar-refractivity contribution in [3.8, 4) is 6.07 Å². The summed E-state index contributed by atoms with van der Waals surface area (Å²) in [4.78, 5) is 4.37. The molecule has 0 atom stereocenters. The van der Waals surface area contributed by atoms with Gasteiger partial charge < -0.3 is 10.1 Å². The average Bonchev–Trinajstić information content (AvgIpc) is 3.01. The largest absolute Gasteiger partial charge is 0.493 e. The lowest BCUT2D eigenvalue weighted by Crippen LogP contribution is -2.24. The molecule has 0 spiro atoms. The first kappa shape index (κ1) is 19.6. The second kappa shape index (κ2) is 9.64. The monoisotopic (exact) mass is 338 g/mol. The molecule has 2 N–H and O–H groups in total. The molecule has 23 heavy (non-hydrogen) atoms. The van der Waals surface area contributed by atoms with Gasteiger partial charge in [-0.15, -0.1) is 0 Å². The maximum atomic E-state index is 9.34. The summed E-state index contributed by atoms with van der Waals surface area (Å²) in [5, 5.41) is 12.6. The van der Waals surface area contributed by atoms with E-state index in [1.165, 1.54) is 0 Å². The van der Waals surface area contributed by atoms with Crippen molar-refractivity contribution in [2.45, 2.75) is 27.2 Å². The third-order valence-electron chi connectivity index (χ3n) is 3.65. The Balaban J connectivity index is 2.54. The minimum atomic E-state index is -0.842. The Kier molecular flexibility index (Phi) is 8.21. The van der Waals surface area contributed by atoms with Crippen LogP contribution in [0.15, 0.2) is 28.0 Å². The summed E-state index contributed by atoms with van der Waals surface area (Å²) < 4.78 is 9.23. The molecule has 5 nitrogen and oxygen atoms in total. The van der Waals surface area contributed by atoms with Gasteiger partial charge in [-0.3, -0.25) is 9.71 Å². The van der Waals surface area contributed by atoms with Gasteiger partial charge in [0.05, 0.1) is 18.2 Å². The van der Waals surface area contributed by atoms with Crippen LogP contribution in [-0.2, 0) is 4.74 Å². The second-order valence-electron chi connectivity index (χ2n) is 6.07. The van der Waals surface area contributed by atoms with Gasteiger partial charge in [-0.25, -0.2) is 0 Å². The number of ether oxygens (including phenoxy) is 1. The molecule has 1 aliphatic heterocycles. The molecular formula is C17H30N4OS. The van der Waals surface area contributed by atoms with Crippen molar-refractivity contribution in [3.05, 3.63) is 23.0 Å². The standard InChI is InChI=1S/C17H30N4OS/c1-6-11-23(4,5)21-13-16(12-18)15(3)22-10-7-14(2)17-19-8-9-20-17/h7,21H,6,8-11,13H2,1-5H3,(H,19,20)/b14-7+,16-15+. The second-order valence-corrected chi connectivity index (χ2v) is 9.84. The predicted octanol–water partition coefficient (Wildman–Crippen LogP) is 2.73. The smallest absolute Gasteiger partial charge is 0.123 e. The molecule has 0 amide bonds. The summed E-state index contributed by atoms with van der Waals surface area (Å²) in [7, 11) is -0.842. The molecule has 0 aromatic rings. The van der Waals surface area contributed by atoms with Crippen LogP contribution < -0.4 is 10.0 Å². The van der Waals surface area contributed by atoms with Gasteiger partial charge >= 0.3 is 0 Å². The lowest BCUT2D eigenvalue weighted by molar-refractivity contribution is 0.246. The van der Waals surface area contributed by atoms with E-state index < -0.39 is 10.2 Å². The molecule has 0 aliphatic carbocycles. The fourth-order valence-electron chi connectivity index (χ4n) is 2.23. The third kappa shape index (κ3) is 7.10. The number of aliphatic imine (C=N–C) groups is 1. The van der Waals surface area contributed by atoms with E-state index in [1.807, 2.05) is 19.9 Å². The highest BCUT2D eigenvalue weighted by Gasteiger charge is 2.12. The number of amidine groups is 1. The minimum absolute atomic E-state index is 0.453. The molecule has 0 unspecified atom stereocenters. The van der Waals surface area contributed by atoms with Crippen LogP contribution in [0.25, 0.3) is 0 Å². The average molecular weight is 339 g/mol. The van der Waals surface area contributed by atoms with E-state index >= 15 is 0 Å². The summed E-state index contributed by atoms with van der Waals surface area (Å²) in [6, 6.07) is 2.26. The van der Waals surface area contributed by atoms with Crippen molar-refractivity contribution in [2.75, 3.05) is 44.5 Å². The van der Waals surface area contributed by atoms with Gasteiger partial charge in [0.1, 0.15) is 18.2 Å². The highest BCUT2D eigenvalue weighted by atomic mass is 32.3. The van der Waals surface area contributed by atoms with Crippen molar-refractivity contribution in [1.29, 1.82) is 5.26 Å². The van der Waals surface area contributed by atoms with E-state index in [4.69, 9.17) is 4.74 Å². The van der Waals surface area contributed by atoms with Crippen LogP contribution in [0.1, 0.15) is 27.2 Å². The van der Waals surface area contributed by atoms with E-state index in [0.29, 0.717) is 24.5 Å². The Labute approximate surface area is 142 Å². The quantitative estimate of drug-likeness (QED) is 0.501. The van der Waals surface area contributed by atoms with Crippen LogP contribution in [0, 0.1) is 11.3 Å². The molecule has 0 aromatic carbocycles. The Hall–Kier alpha value is -1.45. The number of hydrogen-bond acceptors (Lipinski definition) is 5. The van der Waals surface area contributed by atoms with E-state index in [2.05, 4.69) is 40.5 Å². The first-order valence-electron chi connectivity index (χ1n) is 8.03. The van der Waals surface area contributed by atoms with E-state index in [0.717, 1.165) is 36.7 Å².